The van der Waals surface area contributed by atoms with E-state index >= 15 is 0 Å². The van der Waals surface area contributed by atoms with Crippen LogP contribution in [0.2, 0.25) is 0 Å². The van der Waals surface area contributed by atoms with Crippen molar-refractivity contribution in [3.63, 3.8) is 0 Å². The van der Waals surface area contributed by atoms with E-state index in [1.54, 1.807) is 32.2 Å². The molecular weight excluding hydrogens is 390 g/mol. The van der Waals surface area contributed by atoms with Crippen LogP contribution in [0.1, 0.15) is 27.3 Å². The van der Waals surface area contributed by atoms with E-state index < -0.39 is 10.0 Å². The molecule has 0 atom stereocenters. The third-order valence-corrected chi connectivity index (χ3v) is 7.83. The Balaban J connectivity index is 1.65. The van der Waals surface area contributed by atoms with Gasteiger partial charge in [0.05, 0.1) is 18.6 Å². The van der Waals surface area contributed by atoms with Gasteiger partial charge >= 0.3 is 0 Å². The molecule has 29 heavy (non-hydrogen) atoms. The highest BCUT2D eigenvalue weighted by Crippen LogP contribution is 2.25. The molecule has 1 aromatic heterocycles. The Morgan fingerprint density at radius 1 is 1.07 bits per heavy atom. The average molecular weight is 420 g/mol. The summed E-state index contributed by atoms with van der Waals surface area (Å²) in [5.41, 5.74) is 3.42. The first-order valence-corrected chi connectivity index (χ1v) is 11.1. The molecule has 158 valence electrons. The van der Waals surface area contributed by atoms with Crippen molar-refractivity contribution in [2.75, 3.05) is 39.8 Å². The molecule has 0 unspecified atom stereocenters. The van der Waals surface area contributed by atoms with Crippen LogP contribution < -0.4 is 4.74 Å². The van der Waals surface area contributed by atoms with Crippen LogP contribution in [-0.2, 0) is 17.1 Å². The molecule has 1 aromatic carbocycles. The Morgan fingerprint density at radius 2 is 1.72 bits per heavy atom. The predicted molar refractivity (Wildman–Crippen MR) is 112 cm³/mol. The number of aryl methyl sites for hydroxylation is 2. The summed E-state index contributed by atoms with van der Waals surface area (Å²) in [6, 6.07) is 6.91. The first-order valence-electron chi connectivity index (χ1n) is 9.68. The summed E-state index contributed by atoms with van der Waals surface area (Å²) in [4.78, 5) is 15.0. The maximum absolute atomic E-state index is 13.0. The number of benzene rings is 1. The van der Waals surface area contributed by atoms with E-state index in [-0.39, 0.29) is 5.78 Å². The maximum atomic E-state index is 13.0. The van der Waals surface area contributed by atoms with Crippen molar-refractivity contribution in [2.45, 2.75) is 25.7 Å². The number of Topliss-reactive ketones (excluding diaryl/α,β-unsaturated/α-hetero) is 1. The van der Waals surface area contributed by atoms with Gasteiger partial charge in [-0.2, -0.15) is 4.31 Å². The van der Waals surface area contributed by atoms with Gasteiger partial charge in [0.2, 0.25) is 10.0 Å². The second-order valence-electron chi connectivity index (χ2n) is 7.58. The Bertz CT molecular complexity index is 1020. The van der Waals surface area contributed by atoms with Gasteiger partial charge in [-0.25, -0.2) is 8.42 Å². The van der Waals surface area contributed by atoms with E-state index in [1.165, 1.54) is 4.31 Å². The number of nitrogens with zero attached hydrogens (tertiary/aromatic N) is 3. The Kier molecular flexibility index (Phi) is 6.16. The topological polar surface area (TPSA) is 71.9 Å². The van der Waals surface area contributed by atoms with Crippen LogP contribution in [0.5, 0.6) is 5.75 Å². The van der Waals surface area contributed by atoms with Crippen LogP contribution in [0.3, 0.4) is 0 Å². The minimum atomic E-state index is -3.57. The minimum absolute atomic E-state index is 0.0773. The molecule has 1 aliphatic rings. The number of rotatable bonds is 6. The van der Waals surface area contributed by atoms with Gasteiger partial charge in [-0.15, -0.1) is 0 Å². The number of ketones is 1. The second-order valence-corrected chi connectivity index (χ2v) is 9.49. The van der Waals surface area contributed by atoms with Crippen molar-refractivity contribution in [1.29, 1.82) is 0 Å². The van der Waals surface area contributed by atoms with Crippen LogP contribution in [-0.4, -0.2) is 67.8 Å². The van der Waals surface area contributed by atoms with Gasteiger partial charge < -0.3 is 9.30 Å². The summed E-state index contributed by atoms with van der Waals surface area (Å²) < 4.78 is 34.8. The number of ether oxygens (including phenoxy) is 1. The molecule has 2 aromatic rings. The molecule has 0 aliphatic carbocycles. The number of hydrogen-bond acceptors (Lipinski definition) is 5. The first-order chi connectivity index (χ1) is 13.6. The van der Waals surface area contributed by atoms with Gasteiger partial charge in [0, 0.05) is 50.2 Å². The fraction of sp³-hybridized carbons (Fsp3) is 0.476. The molecule has 1 aliphatic heterocycles. The largest absolute Gasteiger partial charge is 0.497 e. The smallest absolute Gasteiger partial charge is 0.243 e. The van der Waals surface area contributed by atoms with Gasteiger partial charge in [-0.1, -0.05) is 0 Å². The van der Waals surface area contributed by atoms with Gasteiger partial charge in [0.1, 0.15) is 5.75 Å². The number of hydrogen-bond donors (Lipinski definition) is 0. The highest BCUT2D eigenvalue weighted by molar-refractivity contribution is 7.89. The molecule has 0 amide bonds. The molecule has 1 saturated heterocycles. The normalized spacial score (nSPS) is 16.2. The third kappa shape index (κ3) is 4.24. The molecule has 8 heteroatoms. The Morgan fingerprint density at radius 3 is 2.24 bits per heavy atom. The summed E-state index contributed by atoms with van der Waals surface area (Å²) in [7, 11) is -0.0600. The molecular formula is C21H29N3O4S. The lowest BCUT2D eigenvalue weighted by molar-refractivity contribution is 0.0901. The van der Waals surface area contributed by atoms with Crippen molar-refractivity contribution in [3.05, 3.63) is 46.8 Å². The Hall–Kier alpha value is -2.16. The SMILES string of the molecule is COc1ccc(S(=O)(=O)N2CCN(CC(=O)c3cc(C)n(C)c3C)CC2)c(C)c1. The summed E-state index contributed by atoms with van der Waals surface area (Å²) >= 11 is 0. The molecule has 0 spiro atoms. The number of aromatic nitrogens is 1. The van der Waals surface area contributed by atoms with Gasteiger partial charge in [-0.3, -0.25) is 9.69 Å². The fourth-order valence-electron chi connectivity index (χ4n) is 3.73. The minimum Gasteiger partial charge on any atom is -0.497 e. The summed E-state index contributed by atoms with van der Waals surface area (Å²) in [5.74, 6) is 0.713. The van der Waals surface area contributed by atoms with E-state index in [0.717, 1.165) is 17.0 Å². The number of piperazine rings is 1. The first kappa shape index (κ1) is 21.5. The zero-order chi connectivity index (χ0) is 21.3. The van der Waals surface area contributed by atoms with E-state index in [1.807, 2.05) is 36.4 Å². The summed E-state index contributed by atoms with van der Waals surface area (Å²) in [6.45, 7) is 7.81. The maximum Gasteiger partial charge on any atom is 0.243 e. The van der Waals surface area contributed by atoms with Crippen LogP contribution >= 0.6 is 0 Å². The van der Waals surface area contributed by atoms with Crippen LogP contribution in [0, 0.1) is 20.8 Å². The van der Waals surface area contributed by atoms with Crippen molar-refractivity contribution >= 4 is 15.8 Å². The quantitative estimate of drug-likeness (QED) is 0.671. The monoisotopic (exact) mass is 419 g/mol. The Labute approximate surface area is 172 Å². The number of carbonyl (C=O) groups excluding carboxylic acids is 1. The zero-order valence-corrected chi connectivity index (χ0v) is 18.5. The fourth-order valence-corrected chi connectivity index (χ4v) is 5.36. The van der Waals surface area contributed by atoms with Crippen molar-refractivity contribution < 1.29 is 17.9 Å². The molecule has 0 bridgehead atoms. The number of sulfonamides is 1. The number of methoxy groups -OCH3 is 1. The molecule has 0 radical (unpaired) electrons. The summed E-state index contributed by atoms with van der Waals surface area (Å²) in [5, 5.41) is 0. The van der Waals surface area contributed by atoms with E-state index in [2.05, 4.69) is 0 Å². The standard InChI is InChI=1S/C21H29N3O4S/c1-15-12-18(28-5)6-7-21(15)29(26,27)24-10-8-23(9-11-24)14-20(25)19-13-16(2)22(4)17(19)3/h6-7,12-13H,8-11,14H2,1-5H3. The van der Waals surface area contributed by atoms with Crippen LogP contribution in [0.4, 0.5) is 0 Å². The molecule has 0 saturated carbocycles. The lowest BCUT2D eigenvalue weighted by atomic mass is 10.1. The van der Waals surface area contributed by atoms with Gasteiger partial charge in [-0.05, 0) is 50.6 Å². The van der Waals surface area contributed by atoms with E-state index in [9.17, 15) is 13.2 Å². The van der Waals surface area contributed by atoms with Crippen molar-refractivity contribution in [3.8, 4) is 5.75 Å². The lowest BCUT2D eigenvalue weighted by Gasteiger charge is -2.33. The zero-order valence-electron chi connectivity index (χ0n) is 17.7. The predicted octanol–water partition coefficient (Wildman–Crippen LogP) is 2.15. The van der Waals surface area contributed by atoms with Crippen molar-refractivity contribution in [1.82, 2.24) is 13.8 Å². The molecule has 1 fully saturated rings. The molecule has 2 heterocycles. The van der Waals surface area contributed by atoms with Crippen LogP contribution in [0.15, 0.2) is 29.2 Å². The third-order valence-electron chi connectivity index (χ3n) is 5.77. The molecule has 7 nitrogen and oxygen atoms in total. The van der Waals surface area contributed by atoms with Crippen molar-refractivity contribution in [2.24, 2.45) is 7.05 Å². The lowest BCUT2D eigenvalue weighted by Crippen LogP contribution is -2.49. The highest BCUT2D eigenvalue weighted by atomic mass is 32.2. The molecule has 3 rings (SSSR count). The molecule has 0 N–H and O–H groups in total. The number of carbonyl (C=O) groups is 1. The van der Waals surface area contributed by atoms with Gasteiger partial charge in [0.15, 0.2) is 5.78 Å². The second kappa shape index (κ2) is 8.30. The summed E-state index contributed by atoms with van der Waals surface area (Å²) in [6.07, 6.45) is 0. The average Bonchev–Trinajstić information content (AvgIpc) is 2.95. The van der Waals surface area contributed by atoms with Gasteiger partial charge in [0.25, 0.3) is 0 Å². The van der Waals surface area contributed by atoms with Crippen LogP contribution in [0.25, 0.3) is 0 Å². The van der Waals surface area contributed by atoms with E-state index in [0.29, 0.717) is 48.9 Å². The highest BCUT2D eigenvalue weighted by Gasteiger charge is 2.30. The van der Waals surface area contributed by atoms with E-state index in [4.69, 9.17) is 4.74 Å².